The molecule has 32 heavy (non-hydrogen) atoms. The van der Waals surface area contributed by atoms with E-state index in [0.29, 0.717) is 15.8 Å². The molecule has 0 saturated heterocycles. The second-order valence-electron chi connectivity index (χ2n) is 7.64. The maximum absolute atomic E-state index is 13.1. The number of thiazole rings is 1. The van der Waals surface area contributed by atoms with Crippen LogP contribution in [0.2, 0.25) is 0 Å². The van der Waals surface area contributed by atoms with Gasteiger partial charge >= 0.3 is 5.63 Å². The number of carbonyl (C=O) groups is 1. The van der Waals surface area contributed by atoms with Crippen molar-refractivity contribution in [1.29, 1.82) is 0 Å². The Morgan fingerprint density at radius 2 is 1.56 bits per heavy atom. The molecular formula is C26H16N2O3S. The normalized spacial score (nSPS) is 12.3. The monoisotopic (exact) mass is 436 g/mol. The molecule has 5 nitrogen and oxygen atoms in total. The summed E-state index contributed by atoms with van der Waals surface area (Å²) in [4.78, 5) is 30.5. The third kappa shape index (κ3) is 2.81. The predicted octanol–water partition coefficient (Wildman–Crippen LogP) is 5.39. The van der Waals surface area contributed by atoms with Gasteiger partial charge in [-0.15, -0.1) is 0 Å². The van der Waals surface area contributed by atoms with Crippen molar-refractivity contribution in [3.8, 4) is 0 Å². The second kappa shape index (κ2) is 7.00. The van der Waals surface area contributed by atoms with Crippen LogP contribution < -0.4 is 10.4 Å². The van der Waals surface area contributed by atoms with Gasteiger partial charge in [-0.2, -0.15) is 4.99 Å². The number of benzene rings is 4. The summed E-state index contributed by atoms with van der Waals surface area (Å²) in [5.41, 5.74) is 0.674. The molecule has 0 saturated carbocycles. The van der Waals surface area contributed by atoms with E-state index in [9.17, 15) is 9.59 Å². The highest BCUT2D eigenvalue weighted by Crippen LogP contribution is 2.27. The molecule has 0 aliphatic rings. The molecule has 4 aromatic carbocycles. The van der Waals surface area contributed by atoms with Gasteiger partial charge in [0, 0.05) is 17.8 Å². The van der Waals surface area contributed by atoms with Gasteiger partial charge in [0.25, 0.3) is 5.91 Å². The molecule has 0 bridgehead atoms. The van der Waals surface area contributed by atoms with Crippen LogP contribution in [0.25, 0.3) is 42.7 Å². The maximum atomic E-state index is 13.1. The van der Waals surface area contributed by atoms with Gasteiger partial charge in [0.05, 0.1) is 10.2 Å². The van der Waals surface area contributed by atoms with Gasteiger partial charge in [0.15, 0.2) is 4.80 Å². The Labute approximate surface area is 185 Å². The van der Waals surface area contributed by atoms with Crippen LogP contribution >= 0.6 is 11.3 Å². The van der Waals surface area contributed by atoms with Crippen LogP contribution in [0, 0.1) is 0 Å². The van der Waals surface area contributed by atoms with E-state index in [1.165, 1.54) is 11.3 Å². The van der Waals surface area contributed by atoms with E-state index in [4.69, 9.17) is 4.42 Å². The van der Waals surface area contributed by atoms with Gasteiger partial charge in [-0.25, -0.2) is 4.79 Å². The first-order chi connectivity index (χ1) is 15.6. The fourth-order valence-electron chi connectivity index (χ4n) is 4.13. The van der Waals surface area contributed by atoms with Gasteiger partial charge in [0.2, 0.25) is 0 Å². The van der Waals surface area contributed by atoms with E-state index in [2.05, 4.69) is 23.2 Å². The van der Waals surface area contributed by atoms with Crippen LogP contribution in [0.1, 0.15) is 10.4 Å². The standard InChI is InChI=1S/C26H16N2O3S/c1-28-21-12-10-16-7-3-5-9-18(16)23(21)32-26(28)27-24(29)20-14-19-17-8-4-2-6-15(17)11-13-22(19)31-25(20)30/h2-14H,1H3. The Kier molecular flexibility index (Phi) is 4.10. The topological polar surface area (TPSA) is 64.6 Å². The van der Waals surface area contributed by atoms with Crippen LogP contribution in [-0.4, -0.2) is 10.5 Å². The minimum Gasteiger partial charge on any atom is -0.422 e. The van der Waals surface area contributed by atoms with Crippen molar-refractivity contribution < 1.29 is 9.21 Å². The summed E-state index contributed by atoms with van der Waals surface area (Å²) < 4.78 is 8.39. The lowest BCUT2D eigenvalue weighted by Gasteiger charge is -2.03. The molecule has 154 valence electrons. The number of amides is 1. The minimum absolute atomic E-state index is 0.0730. The summed E-state index contributed by atoms with van der Waals surface area (Å²) in [6.45, 7) is 0. The fourth-order valence-corrected chi connectivity index (χ4v) is 5.28. The van der Waals surface area contributed by atoms with Crippen LogP contribution in [0.4, 0.5) is 0 Å². The molecule has 2 heterocycles. The Morgan fingerprint density at radius 3 is 2.38 bits per heavy atom. The summed E-state index contributed by atoms with van der Waals surface area (Å²) in [6.07, 6.45) is 0. The Hall–Kier alpha value is -4.03. The summed E-state index contributed by atoms with van der Waals surface area (Å²) in [5, 5.41) is 4.87. The number of rotatable bonds is 1. The highest BCUT2D eigenvalue weighted by Gasteiger charge is 2.16. The van der Waals surface area contributed by atoms with Gasteiger partial charge in [0.1, 0.15) is 11.1 Å². The smallest absolute Gasteiger partial charge is 0.349 e. The fraction of sp³-hybridized carbons (Fsp3) is 0.0385. The first kappa shape index (κ1) is 18.7. The number of aryl methyl sites for hydroxylation is 1. The minimum atomic E-state index is -0.684. The average Bonchev–Trinajstić information content (AvgIpc) is 3.14. The van der Waals surface area contributed by atoms with Crippen LogP contribution in [0.15, 0.2) is 93.1 Å². The number of hydrogen-bond donors (Lipinski definition) is 0. The summed E-state index contributed by atoms with van der Waals surface area (Å²) in [5.74, 6) is -0.611. The van der Waals surface area contributed by atoms with Gasteiger partial charge < -0.3 is 8.98 Å². The lowest BCUT2D eigenvalue weighted by atomic mass is 10.0. The maximum Gasteiger partial charge on any atom is 0.349 e. The molecule has 0 atom stereocenters. The Morgan fingerprint density at radius 1 is 0.875 bits per heavy atom. The van der Waals surface area contributed by atoms with Crippen molar-refractivity contribution in [1.82, 2.24) is 4.57 Å². The molecule has 0 N–H and O–H groups in total. The molecule has 6 rings (SSSR count). The summed E-state index contributed by atoms with van der Waals surface area (Å²) in [7, 11) is 1.87. The molecule has 1 amide bonds. The van der Waals surface area contributed by atoms with Crippen molar-refractivity contribution in [2.24, 2.45) is 12.0 Å². The quantitative estimate of drug-likeness (QED) is 0.256. The van der Waals surface area contributed by atoms with Crippen LogP contribution in [-0.2, 0) is 7.05 Å². The van der Waals surface area contributed by atoms with Crippen molar-refractivity contribution in [3.63, 3.8) is 0 Å². The summed E-state index contributed by atoms with van der Waals surface area (Å²) >= 11 is 1.43. The lowest BCUT2D eigenvalue weighted by molar-refractivity contribution is 0.0994. The first-order valence-corrected chi connectivity index (χ1v) is 10.9. The van der Waals surface area contributed by atoms with Crippen LogP contribution in [0.3, 0.4) is 0 Å². The Balaban J connectivity index is 1.56. The molecule has 0 unspecified atom stereocenters. The van der Waals surface area contributed by atoms with E-state index < -0.39 is 11.5 Å². The second-order valence-corrected chi connectivity index (χ2v) is 8.62. The molecule has 0 aliphatic heterocycles. The molecule has 0 spiro atoms. The molecule has 6 heteroatoms. The summed E-state index contributed by atoms with van der Waals surface area (Å²) in [6, 6.07) is 25.2. The van der Waals surface area contributed by atoms with E-state index in [-0.39, 0.29) is 5.56 Å². The highest BCUT2D eigenvalue weighted by molar-refractivity contribution is 7.17. The lowest BCUT2D eigenvalue weighted by Crippen LogP contribution is -2.17. The van der Waals surface area contributed by atoms with Gasteiger partial charge in [-0.1, -0.05) is 72.0 Å². The molecule has 6 aromatic rings. The zero-order chi connectivity index (χ0) is 21.8. The molecule has 0 radical (unpaired) electrons. The highest BCUT2D eigenvalue weighted by atomic mass is 32.1. The molecule has 2 aromatic heterocycles. The molecule has 0 fully saturated rings. The average molecular weight is 436 g/mol. The van der Waals surface area contributed by atoms with Gasteiger partial charge in [-0.05, 0) is 34.4 Å². The van der Waals surface area contributed by atoms with Gasteiger partial charge in [-0.3, -0.25) is 4.79 Å². The zero-order valence-electron chi connectivity index (χ0n) is 17.0. The first-order valence-electron chi connectivity index (χ1n) is 10.1. The zero-order valence-corrected chi connectivity index (χ0v) is 17.8. The molecule has 0 aliphatic carbocycles. The third-order valence-corrected chi connectivity index (χ3v) is 6.95. The van der Waals surface area contributed by atoms with E-state index in [1.807, 2.05) is 60.1 Å². The Bertz CT molecular complexity index is 1840. The number of aromatic nitrogens is 1. The van der Waals surface area contributed by atoms with Crippen molar-refractivity contribution in [2.75, 3.05) is 0 Å². The third-order valence-electron chi connectivity index (χ3n) is 5.77. The number of nitrogens with zero attached hydrogens (tertiary/aromatic N) is 2. The number of fused-ring (bicyclic) bond motifs is 6. The number of carbonyl (C=O) groups excluding carboxylic acids is 1. The SMILES string of the molecule is Cn1c(=NC(=O)c2cc3c(ccc4ccccc43)oc2=O)sc2c3ccccc3ccc21. The van der Waals surface area contributed by atoms with Crippen molar-refractivity contribution in [3.05, 3.63) is 99.6 Å². The molecular weight excluding hydrogens is 420 g/mol. The largest absolute Gasteiger partial charge is 0.422 e. The number of hydrogen-bond acceptors (Lipinski definition) is 4. The van der Waals surface area contributed by atoms with Crippen molar-refractivity contribution >= 4 is 60.0 Å². The van der Waals surface area contributed by atoms with Crippen molar-refractivity contribution in [2.45, 2.75) is 0 Å². The van der Waals surface area contributed by atoms with E-state index >= 15 is 0 Å². The predicted molar refractivity (Wildman–Crippen MR) is 128 cm³/mol. The van der Waals surface area contributed by atoms with Crippen LogP contribution in [0.5, 0.6) is 0 Å². The van der Waals surface area contributed by atoms with E-state index in [0.717, 1.165) is 31.8 Å². The van der Waals surface area contributed by atoms with E-state index in [1.54, 1.807) is 12.1 Å².